The highest BCUT2D eigenvalue weighted by Gasteiger charge is 2.27. The molecule has 2 saturated carbocycles. The molecule has 2 fully saturated rings. The van der Waals surface area contributed by atoms with Crippen molar-refractivity contribution in [3.63, 3.8) is 0 Å². The SMILES string of the molecule is C1CCCC([C]2CCC2)CC1. The second-order valence-electron chi connectivity index (χ2n) is 4.20. The van der Waals surface area contributed by atoms with Crippen molar-refractivity contribution in [2.45, 2.75) is 57.8 Å². The maximum Gasteiger partial charge on any atom is -0.0210 e. The van der Waals surface area contributed by atoms with Crippen molar-refractivity contribution < 1.29 is 0 Å². The molecule has 0 aromatic carbocycles. The third-order valence-electron chi connectivity index (χ3n) is 3.43. The average Bonchev–Trinajstić information content (AvgIpc) is 2.12. The molecular formula is C11H19. The molecule has 0 nitrogen and oxygen atoms in total. The van der Waals surface area contributed by atoms with Crippen LogP contribution in [0.3, 0.4) is 0 Å². The summed E-state index contributed by atoms with van der Waals surface area (Å²) in [6.45, 7) is 0. The summed E-state index contributed by atoms with van der Waals surface area (Å²) in [6, 6.07) is 0. The van der Waals surface area contributed by atoms with Crippen LogP contribution in [0.5, 0.6) is 0 Å². The number of hydrogen-bond acceptors (Lipinski definition) is 0. The molecule has 0 N–H and O–H groups in total. The summed E-state index contributed by atoms with van der Waals surface area (Å²) in [4.78, 5) is 0. The first kappa shape index (κ1) is 7.64. The Hall–Kier alpha value is 0. The predicted octanol–water partition coefficient (Wildman–Crippen LogP) is 3.72. The highest BCUT2D eigenvalue weighted by atomic mass is 14.3. The molecule has 1 radical (unpaired) electrons. The Balaban J connectivity index is 1.80. The van der Waals surface area contributed by atoms with Crippen LogP contribution in [-0.4, -0.2) is 0 Å². The fourth-order valence-corrected chi connectivity index (χ4v) is 2.48. The summed E-state index contributed by atoms with van der Waals surface area (Å²) in [5, 5.41) is 0. The van der Waals surface area contributed by atoms with Gasteiger partial charge in [0, 0.05) is 0 Å². The van der Waals surface area contributed by atoms with E-state index in [9.17, 15) is 0 Å². The summed E-state index contributed by atoms with van der Waals surface area (Å²) < 4.78 is 0. The maximum atomic E-state index is 1.92. The molecule has 0 aromatic rings. The molecule has 0 spiro atoms. The van der Waals surface area contributed by atoms with Crippen LogP contribution in [0.4, 0.5) is 0 Å². The van der Waals surface area contributed by atoms with Crippen LogP contribution in [0, 0.1) is 11.8 Å². The van der Waals surface area contributed by atoms with E-state index < -0.39 is 0 Å². The van der Waals surface area contributed by atoms with Crippen LogP contribution in [0.15, 0.2) is 0 Å². The highest BCUT2D eigenvalue weighted by Crippen LogP contribution is 2.41. The molecule has 0 aromatic heterocycles. The molecule has 0 saturated heterocycles. The Morgan fingerprint density at radius 3 is 1.82 bits per heavy atom. The standard InChI is InChI=1S/C11H19/c1-2-4-7-10(6-3-1)11-8-5-9-11/h10H,1-9H2. The summed E-state index contributed by atoms with van der Waals surface area (Å²) in [6.07, 6.45) is 13.5. The summed E-state index contributed by atoms with van der Waals surface area (Å²) in [5.41, 5.74) is 0. The lowest BCUT2D eigenvalue weighted by atomic mass is 9.73. The van der Waals surface area contributed by atoms with Gasteiger partial charge in [0.15, 0.2) is 0 Å². The minimum atomic E-state index is 1.06. The smallest absolute Gasteiger partial charge is 0.0210 e. The van der Waals surface area contributed by atoms with Gasteiger partial charge in [0.1, 0.15) is 0 Å². The molecule has 2 aliphatic rings. The molecule has 0 bridgehead atoms. The van der Waals surface area contributed by atoms with Crippen LogP contribution < -0.4 is 0 Å². The van der Waals surface area contributed by atoms with Crippen molar-refractivity contribution in [2.24, 2.45) is 5.92 Å². The van der Waals surface area contributed by atoms with E-state index >= 15 is 0 Å². The highest BCUT2D eigenvalue weighted by molar-refractivity contribution is 5.03. The van der Waals surface area contributed by atoms with Gasteiger partial charge >= 0.3 is 0 Å². The topological polar surface area (TPSA) is 0 Å². The Bertz CT molecular complexity index is 105. The molecule has 11 heavy (non-hydrogen) atoms. The van der Waals surface area contributed by atoms with E-state index in [1.54, 1.807) is 0 Å². The van der Waals surface area contributed by atoms with E-state index in [1.807, 2.05) is 5.92 Å². The first-order valence-electron chi connectivity index (χ1n) is 5.31. The number of rotatable bonds is 1. The number of hydrogen-bond donors (Lipinski definition) is 0. The van der Waals surface area contributed by atoms with Crippen molar-refractivity contribution in [1.82, 2.24) is 0 Å². The molecule has 0 heterocycles. The first-order chi connectivity index (χ1) is 5.47. The lowest BCUT2D eigenvalue weighted by molar-refractivity contribution is 0.363. The first-order valence-corrected chi connectivity index (χ1v) is 5.31. The van der Waals surface area contributed by atoms with Crippen molar-refractivity contribution in [1.29, 1.82) is 0 Å². The third kappa shape index (κ3) is 1.77. The van der Waals surface area contributed by atoms with Gasteiger partial charge in [0.25, 0.3) is 0 Å². The van der Waals surface area contributed by atoms with Gasteiger partial charge in [-0.1, -0.05) is 32.1 Å². The lowest BCUT2D eigenvalue weighted by Crippen LogP contribution is -2.19. The zero-order valence-corrected chi connectivity index (χ0v) is 7.44. The van der Waals surface area contributed by atoms with E-state index in [1.165, 1.54) is 57.8 Å². The van der Waals surface area contributed by atoms with Gasteiger partial charge in [-0.2, -0.15) is 0 Å². The molecule has 0 amide bonds. The van der Waals surface area contributed by atoms with E-state index in [0.717, 1.165) is 5.92 Å². The maximum absolute atomic E-state index is 1.92. The fraction of sp³-hybridized carbons (Fsp3) is 0.909. The van der Waals surface area contributed by atoms with Gasteiger partial charge in [-0.15, -0.1) is 0 Å². The summed E-state index contributed by atoms with van der Waals surface area (Å²) in [7, 11) is 0. The Labute approximate surface area is 70.4 Å². The van der Waals surface area contributed by atoms with Gasteiger partial charge in [-0.25, -0.2) is 0 Å². The fourth-order valence-electron chi connectivity index (χ4n) is 2.48. The summed E-state index contributed by atoms with van der Waals surface area (Å²) >= 11 is 0. The Kier molecular flexibility index (Phi) is 2.50. The second-order valence-corrected chi connectivity index (χ2v) is 4.20. The van der Waals surface area contributed by atoms with Crippen molar-refractivity contribution in [3.8, 4) is 0 Å². The third-order valence-corrected chi connectivity index (χ3v) is 3.43. The van der Waals surface area contributed by atoms with Gasteiger partial charge < -0.3 is 0 Å². The zero-order valence-electron chi connectivity index (χ0n) is 7.44. The molecule has 0 atom stereocenters. The van der Waals surface area contributed by atoms with Crippen LogP contribution in [0.25, 0.3) is 0 Å². The van der Waals surface area contributed by atoms with Crippen LogP contribution >= 0.6 is 0 Å². The van der Waals surface area contributed by atoms with Crippen molar-refractivity contribution in [2.75, 3.05) is 0 Å². The lowest BCUT2D eigenvalue weighted by Gasteiger charge is -2.32. The zero-order chi connectivity index (χ0) is 7.52. The van der Waals surface area contributed by atoms with Crippen molar-refractivity contribution in [3.05, 3.63) is 5.92 Å². The minimum absolute atomic E-state index is 1.06. The second kappa shape index (κ2) is 3.60. The molecule has 0 heteroatoms. The van der Waals surface area contributed by atoms with Crippen molar-refractivity contribution >= 4 is 0 Å². The molecule has 63 valence electrons. The monoisotopic (exact) mass is 151 g/mol. The van der Waals surface area contributed by atoms with Crippen LogP contribution in [-0.2, 0) is 0 Å². The van der Waals surface area contributed by atoms with Crippen LogP contribution in [0.2, 0.25) is 0 Å². The predicted molar refractivity (Wildman–Crippen MR) is 48.3 cm³/mol. The quantitative estimate of drug-likeness (QED) is 0.501. The van der Waals surface area contributed by atoms with Crippen LogP contribution in [0.1, 0.15) is 57.8 Å². The van der Waals surface area contributed by atoms with E-state index in [2.05, 4.69) is 0 Å². The Morgan fingerprint density at radius 2 is 1.36 bits per heavy atom. The normalized spacial score (nSPS) is 29.5. The Morgan fingerprint density at radius 1 is 0.727 bits per heavy atom. The molecule has 2 rings (SSSR count). The minimum Gasteiger partial charge on any atom is -0.0533 e. The van der Waals surface area contributed by atoms with Gasteiger partial charge in [0.2, 0.25) is 0 Å². The average molecular weight is 151 g/mol. The molecule has 0 aliphatic heterocycles. The van der Waals surface area contributed by atoms with E-state index in [-0.39, 0.29) is 0 Å². The largest absolute Gasteiger partial charge is 0.0533 e. The molecular weight excluding hydrogens is 132 g/mol. The van der Waals surface area contributed by atoms with E-state index in [0.29, 0.717) is 0 Å². The molecule has 2 aliphatic carbocycles. The van der Waals surface area contributed by atoms with Gasteiger partial charge in [0.05, 0.1) is 0 Å². The van der Waals surface area contributed by atoms with Gasteiger partial charge in [-0.05, 0) is 37.5 Å². The molecule has 0 unspecified atom stereocenters. The van der Waals surface area contributed by atoms with E-state index in [4.69, 9.17) is 0 Å². The summed E-state index contributed by atoms with van der Waals surface area (Å²) in [5.74, 6) is 2.98. The van der Waals surface area contributed by atoms with Gasteiger partial charge in [-0.3, -0.25) is 0 Å².